The molecule has 0 atom stereocenters. The van der Waals surface area contributed by atoms with Crippen molar-refractivity contribution in [1.29, 1.82) is 0 Å². The average molecular weight is 1010 g/mol. The number of hydrogen-bond donors (Lipinski definition) is 0. The summed E-state index contributed by atoms with van der Waals surface area (Å²) >= 11 is 0. The molecule has 0 heterocycles. The van der Waals surface area contributed by atoms with E-state index in [-0.39, 0.29) is 105 Å². The first-order valence-electron chi connectivity index (χ1n) is 23.0. The van der Waals surface area contributed by atoms with Crippen LogP contribution in [0.15, 0.2) is 55.0 Å². The molecular weight excluding hydrogens is 933 g/mol. The molecule has 0 saturated heterocycles. The fraction of sp³-hybridized carbons (Fsp3) is 0.688. The molecule has 0 aromatic heterocycles. The van der Waals surface area contributed by atoms with Crippen molar-refractivity contribution in [1.82, 2.24) is 0 Å². The number of benzene rings is 1. The molecule has 0 amide bonds. The van der Waals surface area contributed by atoms with Crippen molar-refractivity contribution >= 4 is 28.0 Å². The Morgan fingerprint density at radius 2 is 0.677 bits per heavy atom. The molecule has 1 aromatic rings. The molecule has 0 unspecified atom stereocenters. The van der Waals surface area contributed by atoms with Crippen LogP contribution in [0, 0.1) is 0 Å². The Hall–Kier alpha value is -1.79. The Kier molecular flexibility index (Phi) is 40.7. The second kappa shape index (κ2) is 41.9. The van der Waals surface area contributed by atoms with Gasteiger partial charge in [-0.2, -0.15) is 0 Å². The second-order valence-electron chi connectivity index (χ2n) is 15.4. The summed E-state index contributed by atoms with van der Waals surface area (Å²) in [5, 5.41) is 0. The summed E-state index contributed by atoms with van der Waals surface area (Å²) in [7, 11) is -4.85. The van der Waals surface area contributed by atoms with Gasteiger partial charge < -0.3 is 33.0 Å². The number of ether oxygens (including phenoxy) is 6. The summed E-state index contributed by atoms with van der Waals surface area (Å²) in [6.07, 6.45) is 30.8. The van der Waals surface area contributed by atoms with Gasteiger partial charge in [-0.3, -0.25) is 0 Å². The molecule has 1 aromatic carbocycles. The Bertz CT molecular complexity index is 1470. The predicted molar refractivity (Wildman–Crippen MR) is 239 cm³/mol. The maximum absolute atomic E-state index is 12.4. The molecule has 0 saturated carbocycles. The van der Waals surface area contributed by atoms with Crippen LogP contribution in [0.1, 0.15) is 173 Å². The van der Waals surface area contributed by atoms with Crippen LogP contribution in [-0.2, 0) is 38.7 Å². The summed E-state index contributed by atoms with van der Waals surface area (Å²) in [6.45, 7) is 12.5. The Balaban J connectivity index is 0.0000372. The third kappa shape index (κ3) is 33.7. The van der Waals surface area contributed by atoms with Gasteiger partial charge >= 0.3 is 86.8 Å². The molecule has 14 heteroatoms. The number of carbonyl (C=O) groups excluding carboxylic acids is 3. The molecule has 0 aliphatic heterocycles. The maximum atomic E-state index is 12.4. The van der Waals surface area contributed by atoms with Gasteiger partial charge in [0.25, 0.3) is 0 Å². The van der Waals surface area contributed by atoms with Gasteiger partial charge in [0.05, 0.1) is 39.6 Å². The summed E-state index contributed by atoms with van der Waals surface area (Å²) < 4.78 is 70.7. The molecule has 62 heavy (non-hydrogen) atoms. The maximum Gasteiger partial charge on any atom is 1.00 e. The normalized spacial score (nSPS) is 10.9. The van der Waals surface area contributed by atoms with E-state index in [1.165, 1.54) is 30.4 Å². The van der Waals surface area contributed by atoms with Crippen molar-refractivity contribution < 1.29 is 125 Å². The molecule has 0 aliphatic rings. The third-order valence-corrected chi connectivity index (χ3v) is 11.0. The molecule has 0 spiro atoms. The van der Waals surface area contributed by atoms with E-state index in [4.69, 9.17) is 28.4 Å². The van der Waals surface area contributed by atoms with Crippen LogP contribution in [0.25, 0.3) is 0 Å². The van der Waals surface area contributed by atoms with E-state index in [1.54, 1.807) is 0 Å². The fourth-order valence-corrected chi connectivity index (χ4v) is 7.27. The molecule has 12 nitrogen and oxygen atoms in total. The summed E-state index contributed by atoms with van der Waals surface area (Å²) in [4.78, 5) is 32.9. The summed E-state index contributed by atoms with van der Waals surface area (Å²) in [5.74, 6) is -0.657. The minimum atomic E-state index is -4.85. The molecule has 348 valence electrons. The van der Waals surface area contributed by atoms with Crippen molar-refractivity contribution in [2.75, 3.05) is 39.6 Å². The first kappa shape index (κ1) is 60.2. The van der Waals surface area contributed by atoms with E-state index >= 15 is 0 Å². The van der Waals surface area contributed by atoms with E-state index < -0.39 is 15.0 Å². The number of unbranched alkanes of at least 4 members (excludes halogenated alkanes) is 24. The van der Waals surface area contributed by atoms with Gasteiger partial charge in [-0.15, -0.1) is 0 Å². The van der Waals surface area contributed by atoms with E-state index in [1.807, 2.05) is 0 Å². The van der Waals surface area contributed by atoms with E-state index in [0.717, 1.165) is 167 Å². The van der Waals surface area contributed by atoms with Crippen molar-refractivity contribution in [2.24, 2.45) is 0 Å². The van der Waals surface area contributed by atoms with Crippen molar-refractivity contribution in [3.8, 4) is 17.2 Å². The Labute approximate surface area is 433 Å². The van der Waals surface area contributed by atoms with E-state index in [2.05, 4.69) is 19.7 Å². The topological polar surface area (TPSA) is 164 Å². The smallest absolute Gasteiger partial charge is 0.744 e. The van der Waals surface area contributed by atoms with Gasteiger partial charge in [0.15, 0.2) is 11.5 Å². The molecular formula is C48H77CsO12S. The number of hydrogen-bond acceptors (Lipinski definition) is 12. The standard InChI is InChI=1S/C48H78O12S.Cs/c1-4-44(49)56-37-29-23-17-11-7-10-16-22-28-36-55-42-34-35-43(61(52,53)54)48(60-41-33-27-21-15-9-13-19-25-31-39-58-46(51)6-3)47(42)59-40-32-26-20-14-8-12-18-24-30-38-57-45(50)5-2;/h4-6,34-35H,1-3,7-33,36-41H2,(H,52,53,54);/q;+1/p-1. The SMILES string of the molecule is C=CC(=O)OCCCCCCCCCCCOc1ccc(S(=O)(=O)[O-])c(OCCCCCCCCCCCOC(=O)C=C)c1OCCCCCCCCCCCOC(=O)C=C.[Cs+]. The van der Waals surface area contributed by atoms with Crippen LogP contribution < -0.4 is 83.1 Å². The molecule has 0 fully saturated rings. The van der Waals surface area contributed by atoms with Gasteiger partial charge in [0, 0.05) is 18.2 Å². The summed E-state index contributed by atoms with van der Waals surface area (Å²) in [5.41, 5.74) is 0. The van der Waals surface area contributed by atoms with Gasteiger partial charge in [-0.1, -0.05) is 155 Å². The fourth-order valence-electron chi connectivity index (χ4n) is 6.66. The average Bonchev–Trinajstić information content (AvgIpc) is 3.25. The first-order chi connectivity index (χ1) is 29.6. The van der Waals surface area contributed by atoms with Crippen LogP contribution in [0.4, 0.5) is 0 Å². The molecule has 0 N–H and O–H groups in total. The Morgan fingerprint density at radius 3 is 0.968 bits per heavy atom. The zero-order valence-corrected chi connectivity index (χ0v) is 45.2. The van der Waals surface area contributed by atoms with Crippen LogP contribution in [0.2, 0.25) is 0 Å². The third-order valence-electron chi connectivity index (χ3n) is 10.2. The summed E-state index contributed by atoms with van der Waals surface area (Å²) in [6, 6.07) is 2.77. The van der Waals surface area contributed by atoms with E-state index in [9.17, 15) is 27.4 Å². The number of esters is 3. The predicted octanol–water partition coefficient (Wildman–Crippen LogP) is 8.45. The van der Waals surface area contributed by atoms with Gasteiger partial charge in [0.1, 0.15) is 15.0 Å². The van der Waals surface area contributed by atoms with Crippen LogP contribution in [0.3, 0.4) is 0 Å². The van der Waals surface area contributed by atoms with Crippen LogP contribution >= 0.6 is 0 Å². The minimum absolute atomic E-state index is 0. The Morgan fingerprint density at radius 1 is 0.419 bits per heavy atom. The first-order valence-corrected chi connectivity index (χ1v) is 24.4. The second-order valence-corrected chi connectivity index (χ2v) is 16.7. The van der Waals surface area contributed by atoms with Crippen molar-refractivity contribution in [3.05, 3.63) is 50.1 Å². The minimum Gasteiger partial charge on any atom is -0.744 e. The monoisotopic (exact) mass is 1010 g/mol. The molecule has 0 bridgehead atoms. The van der Waals surface area contributed by atoms with Crippen molar-refractivity contribution in [3.63, 3.8) is 0 Å². The largest absolute Gasteiger partial charge is 1.00 e. The van der Waals surface area contributed by atoms with Gasteiger partial charge in [-0.25, -0.2) is 22.8 Å². The van der Waals surface area contributed by atoms with E-state index in [0.29, 0.717) is 45.2 Å². The van der Waals surface area contributed by atoms with Crippen LogP contribution in [-0.4, -0.2) is 70.5 Å². The van der Waals surface area contributed by atoms with Gasteiger partial charge in [-0.05, 0) is 50.7 Å². The van der Waals surface area contributed by atoms with Crippen LogP contribution in [0.5, 0.6) is 17.2 Å². The molecule has 0 aliphatic carbocycles. The van der Waals surface area contributed by atoms with Gasteiger partial charge in [0.2, 0.25) is 5.75 Å². The number of carbonyl (C=O) groups is 3. The zero-order valence-electron chi connectivity index (χ0n) is 38.1. The molecule has 1 rings (SSSR count). The van der Waals surface area contributed by atoms with Crippen molar-refractivity contribution in [2.45, 2.75) is 178 Å². The number of rotatable bonds is 43. The zero-order chi connectivity index (χ0) is 44.7. The quantitative estimate of drug-likeness (QED) is 0.0202. The molecule has 0 radical (unpaired) electrons.